The lowest BCUT2D eigenvalue weighted by atomic mass is 10.1. The van der Waals surface area contributed by atoms with Crippen LogP contribution < -0.4 is 5.73 Å². The van der Waals surface area contributed by atoms with Crippen LogP contribution in [0.2, 0.25) is 0 Å². The maximum absolute atomic E-state index is 13.0. The molecular weight excluding hydrogens is 382 g/mol. The summed E-state index contributed by atoms with van der Waals surface area (Å²) >= 11 is 3.38. The number of nitrogens with two attached hydrogens (primary N) is 1. The molecule has 6 heteroatoms. The van der Waals surface area contributed by atoms with E-state index >= 15 is 0 Å². The third-order valence-electron chi connectivity index (χ3n) is 3.80. The molecule has 1 aromatic heterocycles. The number of aromatic nitrogens is 1. The van der Waals surface area contributed by atoms with Gasteiger partial charge in [-0.1, -0.05) is 52.3 Å². The Morgan fingerprint density at radius 1 is 1.04 bits per heavy atom. The van der Waals surface area contributed by atoms with Crippen molar-refractivity contribution in [1.82, 2.24) is 9.88 Å². The Kier molecular flexibility index (Phi) is 5.09. The van der Waals surface area contributed by atoms with Crippen LogP contribution in [0.3, 0.4) is 0 Å². The monoisotopic (exact) mass is 397 g/mol. The van der Waals surface area contributed by atoms with Gasteiger partial charge < -0.3 is 10.6 Å². The van der Waals surface area contributed by atoms with Crippen molar-refractivity contribution in [1.29, 1.82) is 0 Å². The van der Waals surface area contributed by atoms with Crippen molar-refractivity contribution in [2.45, 2.75) is 6.54 Å². The van der Waals surface area contributed by atoms with Crippen LogP contribution in [0.15, 0.2) is 65.3 Å². The molecule has 126 valence electrons. The van der Waals surface area contributed by atoms with Gasteiger partial charge in [0.1, 0.15) is 12.2 Å². The number of fused-ring (bicyclic) bond motifs is 1. The first-order valence-electron chi connectivity index (χ1n) is 7.70. The second kappa shape index (κ2) is 7.44. The van der Waals surface area contributed by atoms with E-state index in [1.165, 1.54) is 4.90 Å². The average Bonchev–Trinajstić information content (AvgIpc) is 2.61. The minimum Gasteiger partial charge on any atom is -0.368 e. The molecule has 3 aromatic rings. The highest BCUT2D eigenvalue weighted by molar-refractivity contribution is 9.10. The molecule has 0 spiro atoms. The Balaban J connectivity index is 1.95. The number of amides is 2. The second-order valence-electron chi connectivity index (χ2n) is 5.63. The largest absolute Gasteiger partial charge is 0.368 e. The van der Waals surface area contributed by atoms with Crippen molar-refractivity contribution in [2.24, 2.45) is 5.73 Å². The summed E-state index contributed by atoms with van der Waals surface area (Å²) < 4.78 is 0.944. The van der Waals surface area contributed by atoms with E-state index in [-0.39, 0.29) is 19.0 Å². The SMILES string of the molecule is NC(=O)CN(Cc1ccc(Br)cc1)C(=O)c1nccc2ccccc12. The van der Waals surface area contributed by atoms with Gasteiger partial charge in [0.25, 0.3) is 5.91 Å². The smallest absolute Gasteiger partial charge is 0.273 e. The van der Waals surface area contributed by atoms with E-state index in [4.69, 9.17) is 5.73 Å². The lowest BCUT2D eigenvalue weighted by Gasteiger charge is -2.21. The molecule has 0 radical (unpaired) electrons. The van der Waals surface area contributed by atoms with Crippen molar-refractivity contribution < 1.29 is 9.59 Å². The van der Waals surface area contributed by atoms with Gasteiger partial charge in [0.05, 0.1) is 0 Å². The summed E-state index contributed by atoms with van der Waals surface area (Å²) in [4.78, 5) is 30.1. The molecule has 0 bridgehead atoms. The van der Waals surface area contributed by atoms with Crippen LogP contribution in [0, 0.1) is 0 Å². The summed E-state index contributed by atoms with van der Waals surface area (Å²) in [6.07, 6.45) is 1.59. The minimum atomic E-state index is -0.564. The highest BCUT2D eigenvalue weighted by atomic mass is 79.9. The van der Waals surface area contributed by atoms with Crippen LogP contribution in [0.5, 0.6) is 0 Å². The first-order valence-corrected chi connectivity index (χ1v) is 8.49. The van der Waals surface area contributed by atoms with Gasteiger partial charge in [-0.05, 0) is 29.1 Å². The zero-order valence-corrected chi connectivity index (χ0v) is 14.9. The Morgan fingerprint density at radius 3 is 2.48 bits per heavy atom. The predicted octanol–water partition coefficient (Wildman–Crippen LogP) is 3.13. The molecule has 0 atom stereocenters. The first-order chi connectivity index (χ1) is 12.0. The van der Waals surface area contributed by atoms with Gasteiger partial charge in [-0.3, -0.25) is 14.6 Å². The van der Waals surface area contributed by atoms with Crippen LogP contribution in [0.4, 0.5) is 0 Å². The topological polar surface area (TPSA) is 76.3 Å². The molecule has 0 saturated heterocycles. The van der Waals surface area contributed by atoms with Crippen LogP contribution in [-0.2, 0) is 11.3 Å². The number of primary amides is 1. The van der Waals surface area contributed by atoms with Gasteiger partial charge >= 0.3 is 0 Å². The van der Waals surface area contributed by atoms with Crippen molar-refractivity contribution in [3.63, 3.8) is 0 Å². The molecule has 0 saturated carbocycles. The second-order valence-corrected chi connectivity index (χ2v) is 6.55. The summed E-state index contributed by atoms with van der Waals surface area (Å²) in [5.74, 6) is -0.885. The standard InChI is InChI=1S/C19H16BrN3O2/c20-15-7-5-13(6-8-15)11-23(12-17(21)24)19(25)18-16-4-2-1-3-14(16)9-10-22-18/h1-10H,11-12H2,(H2,21,24). The van der Waals surface area contributed by atoms with Gasteiger partial charge in [-0.15, -0.1) is 0 Å². The Bertz CT molecular complexity index is 920. The number of rotatable bonds is 5. The molecule has 2 N–H and O–H groups in total. The zero-order chi connectivity index (χ0) is 17.8. The molecule has 25 heavy (non-hydrogen) atoms. The highest BCUT2D eigenvalue weighted by Gasteiger charge is 2.21. The van der Waals surface area contributed by atoms with Gasteiger partial charge in [-0.2, -0.15) is 0 Å². The van der Waals surface area contributed by atoms with E-state index < -0.39 is 5.91 Å². The summed E-state index contributed by atoms with van der Waals surface area (Å²) in [6.45, 7) is 0.111. The van der Waals surface area contributed by atoms with E-state index in [9.17, 15) is 9.59 Å². The lowest BCUT2D eigenvalue weighted by molar-refractivity contribution is -0.118. The molecule has 1 heterocycles. The zero-order valence-electron chi connectivity index (χ0n) is 13.4. The van der Waals surface area contributed by atoms with Crippen LogP contribution >= 0.6 is 15.9 Å². The Labute approximate surface area is 153 Å². The summed E-state index contributed by atoms with van der Waals surface area (Å²) in [5, 5.41) is 1.67. The molecule has 2 amide bonds. The molecule has 0 aliphatic rings. The molecule has 0 unspecified atom stereocenters. The summed E-state index contributed by atoms with van der Waals surface area (Å²) in [7, 11) is 0. The average molecular weight is 398 g/mol. The third kappa shape index (κ3) is 4.03. The number of carbonyl (C=O) groups excluding carboxylic acids is 2. The fourth-order valence-electron chi connectivity index (χ4n) is 2.64. The molecule has 0 fully saturated rings. The minimum absolute atomic E-state index is 0.167. The lowest BCUT2D eigenvalue weighted by Crippen LogP contribution is -2.38. The third-order valence-corrected chi connectivity index (χ3v) is 4.33. The van der Waals surface area contributed by atoms with E-state index in [0.717, 1.165) is 20.8 Å². The van der Waals surface area contributed by atoms with Crippen molar-refractivity contribution in [2.75, 3.05) is 6.54 Å². The fourth-order valence-corrected chi connectivity index (χ4v) is 2.90. The molecule has 3 rings (SSSR count). The molecule has 5 nitrogen and oxygen atoms in total. The molecular formula is C19H16BrN3O2. The van der Waals surface area contributed by atoms with E-state index in [2.05, 4.69) is 20.9 Å². The van der Waals surface area contributed by atoms with Gasteiger partial charge in [-0.25, -0.2) is 0 Å². The van der Waals surface area contributed by atoms with Crippen molar-refractivity contribution >= 4 is 38.5 Å². The molecule has 2 aromatic carbocycles. The number of hydrogen-bond donors (Lipinski definition) is 1. The van der Waals surface area contributed by atoms with E-state index in [1.807, 2.05) is 54.6 Å². The molecule has 0 aliphatic carbocycles. The fraction of sp³-hybridized carbons (Fsp3) is 0.105. The molecule has 0 aliphatic heterocycles. The Hall–Kier alpha value is -2.73. The number of carbonyl (C=O) groups is 2. The summed E-state index contributed by atoms with van der Waals surface area (Å²) in [6, 6.07) is 16.9. The van der Waals surface area contributed by atoms with Crippen molar-refractivity contribution in [3.05, 3.63) is 76.5 Å². The van der Waals surface area contributed by atoms with Crippen LogP contribution in [-0.4, -0.2) is 28.2 Å². The van der Waals surface area contributed by atoms with E-state index in [1.54, 1.807) is 6.20 Å². The predicted molar refractivity (Wildman–Crippen MR) is 99.8 cm³/mol. The van der Waals surface area contributed by atoms with Crippen LogP contribution in [0.1, 0.15) is 16.1 Å². The normalized spacial score (nSPS) is 10.6. The Morgan fingerprint density at radius 2 is 1.76 bits per heavy atom. The number of nitrogens with zero attached hydrogens (tertiary/aromatic N) is 2. The van der Waals surface area contributed by atoms with Gasteiger partial charge in [0.15, 0.2) is 0 Å². The highest BCUT2D eigenvalue weighted by Crippen LogP contribution is 2.19. The van der Waals surface area contributed by atoms with Crippen LogP contribution in [0.25, 0.3) is 10.8 Å². The number of pyridine rings is 1. The van der Waals surface area contributed by atoms with Gasteiger partial charge in [0.2, 0.25) is 5.91 Å². The first kappa shape index (κ1) is 17.1. The number of halogens is 1. The quantitative estimate of drug-likeness (QED) is 0.718. The maximum Gasteiger partial charge on any atom is 0.273 e. The maximum atomic E-state index is 13.0. The number of hydrogen-bond acceptors (Lipinski definition) is 3. The van der Waals surface area contributed by atoms with Crippen molar-refractivity contribution in [3.8, 4) is 0 Å². The van der Waals surface area contributed by atoms with E-state index in [0.29, 0.717) is 5.69 Å². The number of benzene rings is 2. The summed E-state index contributed by atoms with van der Waals surface area (Å²) in [5.41, 5.74) is 6.56. The van der Waals surface area contributed by atoms with Gasteiger partial charge in [0, 0.05) is 22.6 Å².